The molecule has 0 bridgehead atoms. The van der Waals surface area contributed by atoms with Gasteiger partial charge in [-0.1, -0.05) is 36.4 Å². The number of primary amides is 1. The molecule has 0 aliphatic carbocycles. The summed E-state index contributed by atoms with van der Waals surface area (Å²) in [5, 5.41) is 0.467. The Kier molecular flexibility index (Phi) is 4.60. The number of aromatic nitrogens is 2. The predicted octanol–water partition coefficient (Wildman–Crippen LogP) is 3.47. The molecule has 0 aliphatic heterocycles. The number of nitrogens with zero attached hydrogens (tertiary/aromatic N) is 2. The molecule has 0 aliphatic rings. The number of methoxy groups -OCH3 is 1. The molecule has 1 heterocycles. The number of carbonyl (C=O) groups is 1. The van der Waals surface area contributed by atoms with Gasteiger partial charge in [-0.2, -0.15) is 0 Å². The van der Waals surface area contributed by atoms with Gasteiger partial charge in [0.2, 0.25) is 5.91 Å². The normalized spacial score (nSPS) is 10.8. The van der Waals surface area contributed by atoms with Crippen molar-refractivity contribution in [1.82, 2.24) is 9.55 Å². The van der Waals surface area contributed by atoms with Crippen molar-refractivity contribution < 1.29 is 9.53 Å². The van der Waals surface area contributed by atoms with Crippen LogP contribution in [0.15, 0.2) is 71.8 Å². The van der Waals surface area contributed by atoms with Crippen molar-refractivity contribution in [3.8, 4) is 22.6 Å². The number of amides is 1. The Hall–Kier alpha value is -3.93. The third-order valence-corrected chi connectivity index (χ3v) is 4.94. The zero-order valence-corrected chi connectivity index (χ0v) is 16.0. The maximum Gasteiger partial charge on any atom is 0.265 e. The van der Waals surface area contributed by atoms with Crippen LogP contribution in [0, 0.1) is 6.92 Å². The summed E-state index contributed by atoms with van der Waals surface area (Å²) < 4.78 is 6.82. The van der Waals surface area contributed by atoms with Gasteiger partial charge in [-0.3, -0.25) is 14.2 Å². The van der Waals surface area contributed by atoms with Crippen molar-refractivity contribution in [2.75, 3.05) is 7.11 Å². The topological polar surface area (TPSA) is 87.2 Å². The van der Waals surface area contributed by atoms with Crippen LogP contribution in [0.5, 0.6) is 5.75 Å². The van der Waals surface area contributed by atoms with E-state index in [1.165, 1.54) is 10.9 Å². The number of hydrogen-bond donors (Lipinski definition) is 1. The molecule has 0 saturated carbocycles. The zero-order chi connectivity index (χ0) is 20.5. The molecular formula is C23H19N3O3. The number of ether oxygens (including phenoxy) is 1. The van der Waals surface area contributed by atoms with E-state index in [4.69, 9.17) is 10.5 Å². The summed E-state index contributed by atoms with van der Waals surface area (Å²) in [6.07, 6.45) is 1.50. The van der Waals surface area contributed by atoms with E-state index in [9.17, 15) is 9.59 Å². The van der Waals surface area contributed by atoms with Crippen LogP contribution in [0.4, 0.5) is 0 Å². The summed E-state index contributed by atoms with van der Waals surface area (Å²) in [4.78, 5) is 29.4. The minimum atomic E-state index is -0.501. The SMILES string of the molecule is COc1cccc2c(=O)n(-c3cc(-c4ccccc4C(N)=O)ccc3C)cnc12. The van der Waals surface area contributed by atoms with Crippen molar-refractivity contribution >= 4 is 16.8 Å². The standard InChI is InChI=1S/C23H19N3O3/c1-14-10-11-15(16-6-3-4-7-17(16)22(24)27)12-19(14)26-13-25-21-18(23(26)28)8-5-9-20(21)29-2/h3-13H,1-2H3,(H2,24,27). The molecule has 2 N–H and O–H groups in total. The van der Waals surface area contributed by atoms with Crippen LogP contribution in [0.1, 0.15) is 15.9 Å². The Balaban J connectivity index is 1.94. The van der Waals surface area contributed by atoms with Crippen molar-refractivity contribution in [2.24, 2.45) is 5.73 Å². The Bertz CT molecular complexity index is 1310. The molecule has 4 aromatic rings. The van der Waals surface area contributed by atoms with Gasteiger partial charge in [-0.05, 0) is 47.9 Å². The number of benzene rings is 3. The first kappa shape index (κ1) is 18.4. The minimum absolute atomic E-state index is 0.197. The van der Waals surface area contributed by atoms with Crippen LogP contribution in [0.25, 0.3) is 27.7 Å². The minimum Gasteiger partial charge on any atom is -0.494 e. The Morgan fingerprint density at radius 3 is 2.62 bits per heavy atom. The lowest BCUT2D eigenvalue weighted by Crippen LogP contribution is -2.20. The fourth-order valence-corrected chi connectivity index (χ4v) is 3.45. The predicted molar refractivity (Wildman–Crippen MR) is 113 cm³/mol. The highest BCUT2D eigenvalue weighted by atomic mass is 16.5. The molecule has 0 fully saturated rings. The number of aryl methyl sites for hydroxylation is 1. The summed E-state index contributed by atoms with van der Waals surface area (Å²) in [5.41, 5.74) is 9.36. The van der Waals surface area contributed by atoms with Gasteiger partial charge in [-0.25, -0.2) is 4.98 Å². The quantitative estimate of drug-likeness (QED) is 0.583. The van der Waals surface area contributed by atoms with Crippen LogP contribution in [0.3, 0.4) is 0 Å². The Labute approximate surface area is 167 Å². The second-order valence-corrected chi connectivity index (χ2v) is 6.69. The highest BCUT2D eigenvalue weighted by Gasteiger charge is 2.14. The Morgan fingerprint density at radius 1 is 1.07 bits per heavy atom. The number of carbonyl (C=O) groups excluding carboxylic acids is 1. The molecule has 6 heteroatoms. The van der Waals surface area contributed by atoms with Gasteiger partial charge >= 0.3 is 0 Å². The summed E-state index contributed by atoms with van der Waals surface area (Å²) in [7, 11) is 1.55. The first-order chi connectivity index (χ1) is 14.0. The monoisotopic (exact) mass is 385 g/mol. The third kappa shape index (κ3) is 3.14. The van der Waals surface area contributed by atoms with E-state index in [1.807, 2.05) is 37.3 Å². The van der Waals surface area contributed by atoms with E-state index in [1.54, 1.807) is 37.4 Å². The molecule has 0 saturated heterocycles. The fraction of sp³-hybridized carbons (Fsp3) is 0.0870. The zero-order valence-electron chi connectivity index (χ0n) is 16.0. The maximum atomic E-state index is 13.2. The molecule has 4 rings (SSSR count). The highest BCUT2D eigenvalue weighted by molar-refractivity contribution is 6.00. The van der Waals surface area contributed by atoms with E-state index in [2.05, 4.69) is 4.98 Å². The van der Waals surface area contributed by atoms with Gasteiger partial charge in [0, 0.05) is 5.56 Å². The number of hydrogen-bond acceptors (Lipinski definition) is 4. The molecule has 1 aromatic heterocycles. The van der Waals surface area contributed by atoms with Gasteiger partial charge in [0.25, 0.3) is 5.56 Å². The molecule has 6 nitrogen and oxygen atoms in total. The van der Waals surface area contributed by atoms with E-state index in [0.717, 1.165) is 11.1 Å². The molecule has 144 valence electrons. The average molecular weight is 385 g/mol. The second-order valence-electron chi connectivity index (χ2n) is 6.69. The van der Waals surface area contributed by atoms with E-state index in [0.29, 0.717) is 33.5 Å². The Morgan fingerprint density at radius 2 is 1.86 bits per heavy atom. The molecule has 0 unspecified atom stereocenters. The number of para-hydroxylation sites is 1. The molecule has 1 amide bonds. The highest BCUT2D eigenvalue weighted by Crippen LogP contribution is 2.28. The number of nitrogens with two attached hydrogens (primary N) is 1. The van der Waals surface area contributed by atoms with E-state index >= 15 is 0 Å². The van der Waals surface area contributed by atoms with Crippen molar-refractivity contribution in [1.29, 1.82) is 0 Å². The van der Waals surface area contributed by atoms with Crippen LogP contribution in [-0.2, 0) is 0 Å². The largest absolute Gasteiger partial charge is 0.494 e. The van der Waals surface area contributed by atoms with E-state index in [-0.39, 0.29) is 5.56 Å². The fourth-order valence-electron chi connectivity index (χ4n) is 3.45. The number of rotatable bonds is 4. The summed E-state index contributed by atoms with van der Waals surface area (Å²) in [6.45, 7) is 1.92. The average Bonchev–Trinajstić information content (AvgIpc) is 2.74. The van der Waals surface area contributed by atoms with Gasteiger partial charge in [0.05, 0.1) is 18.2 Å². The lowest BCUT2D eigenvalue weighted by atomic mass is 9.97. The van der Waals surface area contributed by atoms with Gasteiger partial charge in [-0.15, -0.1) is 0 Å². The number of fused-ring (bicyclic) bond motifs is 1. The molecule has 29 heavy (non-hydrogen) atoms. The smallest absolute Gasteiger partial charge is 0.265 e. The van der Waals surface area contributed by atoms with Gasteiger partial charge in [0.15, 0.2) is 0 Å². The summed E-state index contributed by atoms with van der Waals surface area (Å²) in [6, 6.07) is 18.1. The first-order valence-electron chi connectivity index (χ1n) is 9.06. The van der Waals surface area contributed by atoms with Crippen molar-refractivity contribution in [3.05, 3.63) is 88.5 Å². The molecule has 0 atom stereocenters. The van der Waals surface area contributed by atoms with E-state index < -0.39 is 5.91 Å². The van der Waals surface area contributed by atoms with Gasteiger partial charge in [0.1, 0.15) is 17.6 Å². The van der Waals surface area contributed by atoms with Gasteiger partial charge < -0.3 is 10.5 Å². The molecule has 0 spiro atoms. The first-order valence-corrected chi connectivity index (χ1v) is 9.06. The summed E-state index contributed by atoms with van der Waals surface area (Å²) >= 11 is 0. The summed E-state index contributed by atoms with van der Waals surface area (Å²) in [5.74, 6) is 0.0481. The van der Waals surface area contributed by atoms with Crippen molar-refractivity contribution in [2.45, 2.75) is 6.92 Å². The lowest BCUT2D eigenvalue weighted by molar-refractivity contribution is 0.100. The second kappa shape index (κ2) is 7.24. The molecule has 3 aromatic carbocycles. The van der Waals surface area contributed by atoms with Crippen LogP contribution >= 0.6 is 0 Å². The van der Waals surface area contributed by atoms with Crippen LogP contribution in [-0.4, -0.2) is 22.6 Å². The molecule has 0 radical (unpaired) electrons. The van der Waals surface area contributed by atoms with Crippen LogP contribution < -0.4 is 16.0 Å². The maximum absolute atomic E-state index is 13.2. The molecular weight excluding hydrogens is 366 g/mol. The van der Waals surface area contributed by atoms with Crippen LogP contribution in [0.2, 0.25) is 0 Å². The van der Waals surface area contributed by atoms with Crippen molar-refractivity contribution in [3.63, 3.8) is 0 Å². The third-order valence-electron chi connectivity index (χ3n) is 4.94. The lowest BCUT2D eigenvalue weighted by Gasteiger charge is -2.14.